The molecule has 0 aromatic carbocycles. The molecule has 1 aliphatic heterocycles. The number of fused-ring (bicyclic) bond motifs is 1. The third kappa shape index (κ3) is 1.98. The fourth-order valence-electron chi connectivity index (χ4n) is 1.71. The van der Waals surface area contributed by atoms with Crippen LogP contribution in [0, 0.1) is 10.5 Å². The molecule has 0 atom stereocenters. The largest absolute Gasteiger partial charge is 0.341 e. The van der Waals surface area contributed by atoms with Gasteiger partial charge in [0.25, 0.3) is 0 Å². The van der Waals surface area contributed by atoms with E-state index in [0.717, 1.165) is 22.8 Å². The van der Waals surface area contributed by atoms with Gasteiger partial charge < -0.3 is 4.98 Å². The molecule has 3 nitrogen and oxygen atoms in total. The average Bonchev–Trinajstić information content (AvgIpc) is 2.78. The maximum absolute atomic E-state index is 12.8. The molecular weight excluding hydrogens is 257 g/mol. The summed E-state index contributed by atoms with van der Waals surface area (Å²) in [6.45, 7) is 0. The van der Waals surface area contributed by atoms with E-state index in [0.29, 0.717) is 16.2 Å². The quantitative estimate of drug-likeness (QED) is 0.805. The van der Waals surface area contributed by atoms with E-state index >= 15 is 0 Å². The first-order valence-corrected chi connectivity index (χ1v) is 6.62. The minimum Gasteiger partial charge on any atom is -0.341 e. The molecule has 86 valence electrons. The summed E-state index contributed by atoms with van der Waals surface area (Å²) in [5, 5.41) is 0. The number of aromatic amines is 1. The van der Waals surface area contributed by atoms with Crippen LogP contribution in [0.2, 0.25) is 0 Å². The van der Waals surface area contributed by atoms with Gasteiger partial charge in [-0.1, -0.05) is 12.2 Å². The first-order valence-electron chi connectivity index (χ1n) is 5.06. The highest BCUT2D eigenvalue weighted by Gasteiger charge is 2.16. The Labute approximate surface area is 107 Å². The molecule has 0 spiro atoms. The highest BCUT2D eigenvalue weighted by atomic mass is 32.2. The van der Waals surface area contributed by atoms with Crippen molar-refractivity contribution in [3.05, 3.63) is 40.0 Å². The van der Waals surface area contributed by atoms with Gasteiger partial charge in [-0.3, -0.25) is 0 Å². The number of nitrogens with zero attached hydrogens (tertiary/aromatic N) is 2. The van der Waals surface area contributed by atoms with Crippen molar-refractivity contribution in [2.24, 2.45) is 0 Å². The molecule has 1 N–H and O–H groups in total. The average molecular weight is 265 g/mol. The Balaban J connectivity index is 2.13. The summed E-state index contributed by atoms with van der Waals surface area (Å²) in [4.78, 5) is 11.5. The maximum Gasteiger partial charge on any atom is 0.157 e. The van der Waals surface area contributed by atoms with Gasteiger partial charge in [0.1, 0.15) is 16.2 Å². The van der Waals surface area contributed by atoms with Gasteiger partial charge in [-0.05, 0) is 12.1 Å². The highest BCUT2D eigenvalue weighted by Crippen LogP contribution is 2.29. The third-order valence-electron chi connectivity index (χ3n) is 2.57. The Morgan fingerprint density at radius 1 is 1.35 bits per heavy atom. The summed E-state index contributed by atoms with van der Waals surface area (Å²) >= 11 is 7.05. The van der Waals surface area contributed by atoms with Gasteiger partial charge in [0.05, 0.1) is 6.20 Å². The predicted molar refractivity (Wildman–Crippen MR) is 67.6 cm³/mol. The van der Waals surface area contributed by atoms with E-state index in [9.17, 15) is 4.39 Å². The fraction of sp³-hybridized carbons (Fsp3) is 0.182. The number of aromatic nitrogens is 3. The van der Waals surface area contributed by atoms with Crippen molar-refractivity contribution in [1.29, 1.82) is 0 Å². The van der Waals surface area contributed by atoms with Gasteiger partial charge in [-0.25, -0.2) is 14.4 Å². The SMILES string of the molecule is Fc1ccc(-c2nc(=S)c3c([nH]2)CSC3)nc1. The van der Waals surface area contributed by atoms with Crippen LogP contribution in [0.5, 0.6) is 0 Å². The van der Waals surface area contributed by atoms with E-state index in [4.69, 9.17) is 12.2 Å². The van der Waals surface area contributed by atoms with Gasteiger partial charge in [-0.2, -0.15) is 11.8 Å². The monoisotopic (exact) mass is 265 g/mol. The lowest BCUT2D eigenvalue weighted by atomic mass is 10.2. The molecule has 0 amide bonds. The van der Waals surface area contributed by atoms with Crippen molar-refractivity contribution in [2.45, 2.75) is 11.5 Å². The standard InChI is InChI=1S/C11H8FN3S2/c12-6-1-2-8(13-3-6)10-14-9-5-17-4-7(9)11(16)15-10/h1-3H,4-5H2,(H,14,15,16). The van der Waals surface area contributed by atoms with Crippen LogP contribution in [-0.4, -0.2) is 15.0 Å². The lowest BCUT2D eigenvalue weighted by Gasteiger charge is -2.04. The molecule has 0 aliphatic carbocycles. The molecular formula is C11H8FN3S2. The van der Waals surface area contributed by atoms with Crippen molar-refractivity contribution < 1.29 is 4.39 Å². The number of halogens is 1. The van der Waals surface area contributed by atoms with E-state index in [1.165, 1.54) is 12.3 Å². The fourth-order valence-corrected chi connectivity index (χ4v) is 3.15. The van der Waals surface area contributed by atoms with Gasteiger partial charge in [-0.15, -0.1) is 0 Å². The number of hydrogen-bond donors (Lipinski definition) is 1. The van der Waals surface area contributed by atoms with Crippen molar-refractivity contribution in [1.82, 2.24) is 15.0 Å². The van der Waals surface area contributed by atoms with Crippen LogP contribution in [0.1, 0.15) is 11.3 Å². The Morgan fingerprint density at radius 2 is 2.24 bits per heavy atom. The van der Waals surface area contributed by atoms with Gasteiger partial charge in [0.2, 0.25) is 0 Å². The first kappa shape index (κ1) is 10.9. The topological polar surface area (TPSA) is 41.6 Å². The summed E-state index contributed by atoms with van der Waals surface area (Å²) in [5.74, 6) is 2.07. The van der Waals surface area contributed by atoms with E-state index < -0.39 is 0 Å². The Hall–Kier alpha value is -1.27. The van der Waals surface area contributed by atoms with Crippen LogP contribution in [0.15, 0.2) is 18.3 Å². The van der Waals surface area contributed by atoms with Crippen LogP contribution in [0.25, 0.3) is 11.5 Å². The lowest BCUT2D eigenvalue weighted by Crippen LogP contribution is -1.98. The smallest absolute Gasteiger partial charge is 0.157 e. The molecule has 1 aliphatic rings. The lowest BCUT2D eigenvalue weighted by molar-refractivity contribution is 0.621. The molecule has 3 heterocycles. The summed E-state index contributed by atoms with van der Waals surface area (Å²) in [6.07, 6.45) is 1.18. The van der Waals surface area contributed by atoms with Crippen LogP contribution in [0.4, 0.5) is 4.39 Å². The zero-order chi connectivity index (χ0) is 11.8. The summed E-state index contributed by atoms with van der Waals surface area (Å²) in [7, 11) is 0. The van der Waals surface area contributed by atoms with Crippen molar-refractivity contribution in [2.75, 3.05) is 0 Å². The molecule has 2 aromatic heterocycles. The van der Waals surface area contributed by atoms with Crippen LogP contribution in [0.3, 0.4) is 0 Å². The van der Waals surface area contributed by atoms with Crippen LogP contribution >= 0.6 is 24.0 Å². The normalized spacial score (nSPS) is 13.7. The predicted octanol–water partition coefficient (Wildman–Crippen LogP) is 3.09. The zero-order valence-corrected chi connectivity index (χ0v) is 10.4. The maximum atomic E-state index is 12.8. The number of H-pyrrole nitrogens is 1. The van der Waals surface area contributed by atoms with Gasteiger partial charge in [0.15, 0.2) is 5.82 Å². The van der Waals surface area contributed by atoms with Crippen LogP contribution in [-0.2, 0) is 11.5 Å². The van der Waals surface area contributed by atoms with E-state index in [2.05, 4.69) is 15.0 Å². The Bertz CT molecular complexity index is 622. The number of nitrogens with one attached hydrogen (secondary N) is 1. The number of pyridine rings is 1. The molecule has 0 bridgehead atoms. The Morgan fingerprint density at radius 3 is 3.00 bits per heavy atom. The second kappa shape index (κ2) is 4.19. The molecule has 0 fully saturated rings. The second-order valence-corrected chi connectivity index (χ2v) is 5.07. The summed E-state index contributed by atoms with van der Waals surface area (Å²) in [6, 6.07) is 2.96. The van der Waals surface area contributed by atoms with E-state index in [1.54, 1.807) is 17.8 Å². The van der Waals surface area contributed by atoms with Crippen molar-refractivity contribution in [3.8, 4) is 11.5 Å². The summed E-state index contributed by atoms with van der Waals surface area (Å²) in [5.41, 5.74) is 2.82. The van der Waals surface area contributed by atoms with Crippen LogP contribution < -0.4 is 0 Å². The molecule has 0 radical (unpaired) electrons. The molecule has 0 saturated carbocycles. The molecule has 6 heteroatoms. The molecule has 17 heavy (non-hydrogen) atoms. The van der Waals surface area contributed by atoms with Crippen molar-refractivity contribution >= 4 is 24.0 Å². The highest BCUT2D eigenvalue weighted by molar-refractivity contribution is 7.98. The minimum atomic E-state index is -0.357. The van der Waals surface area contributed by atoms with E-state index in [1.807, 2.05) is 0 Å². The zero-order valence-electron chi connectivity index (χ0n) is 8.74. The second-order valence-electron chi connectivity index (χ2n) is 3.70. The summed E-state index contributed by atoms with van der Waals surface area (Å²) < 4.78 is 13.4. The number of thioether (sulfide) groups is 1. The van der Waals surface area contributed by atoms with Gasteiger partial charge >= 0.3 is 0 Å². The number of rotatable bonds is 1. The van der Waals surface area contributed by atoms with Crippen molar-refractivity contribution in [3.63, 3.8) is 0 Å². The van der Waals surface area contributed by atoms with Gasteiger partial charge in [0, 0.05) is 22.8 Å². The Kier molecular flexibility index (Phi) is 2.68. The molecule has 0 unspecified atom stereocenters. The molecule has 2 aromatic rings. The first-order chi connectivity index (χ1) is 8.24. The number of hydrogen-bond acceptors (Lipinski definition) is 4. The molecule has 3 rings (SSSR count). The van der Waals surface area contributed by atoms with E-state index in [-0.39, 0.29) is 5.82 Å². The third-order valence-corrected chi connectivity index (χ3v) is 3.89. The molecule has 0 saturated heterocycles. The minimum absolute atomic E-state index is 0.357.